The van der Waals surface area contributed by atoms with E-state index in [9.17, 15) is 4.79 Å². The van der Waals surface area contributed by atoms with Crippen molar-refractivity contribution in [3.8, 4) is 0 Å². The van der Waals surface area contributed by atoms with Crippen molar-refractivity contribution in [2.24, 2.45) is 5.10 Å². The van der Waals surface area contributed by atoms with E-state index >= 15 is 0 Å². The van der Waals surface area contributed by atoms with Gasteiger partial charge in [0.1, 0.15) is 0 Å². The van der Waals surface area contributed by atoms with E-state index in [0.717, 1.165) is 5.01 Å². The standard InChI is InChI=1S/C10H13N3O2/c1-3-13(10(14)15)12-8(2)9-6-4-5-7-11-9/h4-7H,3H2,1-2H3,(H,14,15)/b12-8-. The minimum Gasteiger partial charge on any atom is -0.464 e. The second kappa shape index (κ2) is 5.09. The van der Waals surface area contributed by atoms with Crippen LogP contribution in [0.2, 0.25) is 0 Å². The lowest BCUT2D eigenvalue weighted by Gasteiger charge is -2.11. The third-order valence-corrected chi connectivity index (χ3v) is 1.83. The molecule has 1 aromatic rings. The fraction of sp³-hybridized carbons (Fsp3) is 0.300. The number of carboxylic acid groups (broad SMARTS) is 1. The van der Waals surface area contributed by atoms with Crippen LogP contribution in [0.5, 0.6) is 0 Å². The molecule has 1 N–H and O–H groups in total. The summed E-state index contributed by atoms with van der Waals surface area (Å²) in [6.45, 7) is 3.77. The molecule has 0 atom stereocenters. The highest BCUT2D eigenvalue weighted by Crippen LogP contribution is 1.99. The van der Waals surface area contributed by atoms with Crippen molar-refractivity contribution in [2.75, 3.05) is 6.54 Å². The maximum Gasteiger partial charge on any atom is 0.427 e. The van der Waals surface area contributed by atoms with Crippen LogP contribution in [0.1, 0.15) is 19.5 Å². The third-order valence-electron chi connectivity index (χ3n) is 1.83. The van der Waals surface area contributed by atoms with Crippen LogP contribution < -0.4 is 0 Å². The molecule has 80 valence electrons. The fourth-order valence-electron chi connectivity index (χ4n) is 1.06. The minimum absolute atomic E-state index is 0.319. The van der Waals surface area contributed by atoms with Crippen molar-refractivity contribution in [3.05, 3.63) is 30.1 Å². The number of amides is 1. The summed E-state index contributed by atoms with van der Waals surface area (Å²) in [7, 11) is 0. The molecule has 0 spiro atoms. The Morgan fingerprint density at radius 2 is 2.33 bits per heavy atom. The van der Waals surface area contributed by atoms with Gasteiger partial charge in [0.05, 0.1) is 11.4 Å². The Morgan fingerprint density at radius 3 is 2.80 bits per heavy atom. The van der Waals surface area contributed by atoms with Crippen molar-refractivity contribution in [2.45, 2.75) is 13.8 Å². The first-order valence-electron chi connectivity index (χ1n) is 4.62. The molecule has 0 radical (unpaired) electrons. The molecule has 0 aromatic carbocycles. The van der Waals surface area contributed by atoms with E-state index in [2.05, 4.69) is 10.1 Å². The molecule has 0 aliphatic heterocycles. The quantitative estimate of drug-likeness (QED) is 0.607. The second-order valence-corrected chi connectivity index (χ2v) is 2.90. The van der Waals surface area contributed by atoms with Gasteiger partial charge in [-0.15, -0.1) is 0 Å². The van der Waals surface area contributed by atoms with Gasteiger partial charge in [-0.25, -0.2) is 4.79 Å². The second-order valence-electron chi connectivity index (χ2n) is 2.90. The van der Waals surface area contributed by atoms with Gasteiger partial charge in [0, 0.05) is 12.7 Å². The summed E-state index contributed by atoms with van der Waals surface area (Å²) in [4.78, 5) is 14.8. The first kappa shape index (κ1) is 11.2. The van der Waals surface area contributed by atoms with Gasteiger partial charge in [-0.1, -0.05) is 6.07 Å². The molecule has 0 saturated carbocycles. The van der Waals surface area contributed by atoms with Crippen molar-refractivity contribution < 1.29 is 9.90 Å². The number of rotatable bonds is 3. The molecule has 0 aliphatic rings. The summed E-state index contributed by atoms with van der Waals surface area (Å²) < 4.78 is 0. The van der Waals surface area contributed by atoms with E-state index in [1.807, 2.05) is 6.07 Å². The summed E-state index contributed by atoms with van der Waals surface area (Å²) in [5, 5.41) is 13.7. The Kier molecular flexibility index (Phi) is 3.79. The van der Waals surface area contributed by atoms with Crippen LogP contribution >= 0.6 is 0 Å². The number of pyridine rings is 1. The molecule has 15 heavy (non-hydrogen) atoms. The van der Waals surface area contributed by atoms with Crippen molar-refractivity contribution in [3.63, 3.8) is 0 Å². The highest BCUT2D eigenvalue weighted by atomic mass is 16.4. The lowest BCUT2D eigenvalue weighted by atomic mass is 10.3. The van der Waals surface area contributed by atoms with Crippen molar-refractivity contribution >= 4 is 11.8 Å². The van der Waals surface area contributed by atoms with Gasteiger partial charge in [-0.2, -0.15) is 10.1 Å². The fourth-order valence-corrected chi connectivity index (χ4v) is 1.06. The zero-order valence-corrected chi connectivity index (χ0v) is 8.71. The summed E-state index contributed by atoms with van der Waals surface area (Å²) in [5.74, 6) is 0. The maximum absolute atomic E-state index is 10.7. The Bertz CT molecular complexity index is 362. The van der Waals surface area contributed by atoms with E-state index in [-0.39, 0.29) is 0 Å². The van der Waals surface area contributed by atoms with Gasteiger partial charge >= 0.3 is 6.09 Å². The monoisotopic (exact) mass is 207 g/mol. The van der Waals surface area contributed by atoms with Crippen LogP contribution in [0.25, 0.3) is 0 Å². The Hall–Kier alpha value is -1.91. The summed E-state index contributed by atoms with van der Waals surface area (Å²) in [5.41, 5.74) is 1.26. The Balaban J connectivity index is 2.88. The highest BCUT2D eigenvalue weighted by molar-refractivity contribution is 5.97. The van der Waals surface area contributed by atoms with Crippen LogP contribution in [0, 0.1) is 0 Å². The van der Waals surface area contributed by atoms with Crippen LogP contribution in [-0.4, -0.2) is 33.4 Å². The molecule has 1 amide bonds. The number of hydrazone groups is 1. The highest BCUT2D eigenvalue weighted by Gasteiger charge is 2.08. The van der Waals surface area contributed by atoms with Crippen LogP contribution in [0.4, 0.5) is 4.79 Å². The normalized spacial score (nSPS) is 11.2. The molecule has 0 bridgehead atoms. The third kappa shape index (κ3) is 3.05. The first-order chi connectivity index (χ1) is 7.15. The lowest BCUT2D eigenvalue weighted by Crippen LogP contribution is -2.25. The number of nitrogens with zero attached hydrogens (tertiary/aromatic N) is 3. The van der Waals surface area contributed by atoms with Gasteiger partial charge < -0.3 is 5.11 Å². The molecular formula is C10H13N3O2. The zero-order valence-electron chi connectivity index (χ0n) is 8.71. The van der Waals surface area contributed by atoms with E-state index < -0.39 is 6.09 Å². The van der Waals surface area contributed by atoms with Crippen molar-refractivity contribution in [1.29, 1.82) is 0 Å². The summed E-state index contributed by atoms with van der Waals surface area (Å²) >= 11 is 0. The van der Waals surface area contributed by atoms with Gasteiger partial charge in [0.15, 0.2) is 0 Å². The molecular weight excluding hydrogens is 194 g/mol. The number of carbonyl (C=O) groups is 1. The molecule has 0 saturated heterocycles. The van der Waals surface area contributed by atoms with E-state index in [4.69, 9.17) is 5.11 Å². The van der Waals surface area contributed by atoms with Gasteiger partial charge in [0.2, 0.25) is 0 Å². The predicted molar refractivity (Wildman–Crippen MR) is 56.9 cm³/mol. The van der Waals surface area contributed by atoms with Crippen LogP contribution in [-0.2, 0) is 0 Å². The zero-order chi connectivity index (χ0) is 11.3. The van der Waals surface area contributed by atoms with E-state index in [0.29, 0.717) is 18.0 Å². The molecule has 0 unspecified atom stereocenters. The van der Waals surface area contributed by atoms with E-state index in [1.54, 1.807) is 32.2 Å². The van der Waals surface area contributed by atoms with Crippen LogP contribution in [0.15, 0.2) is 29.5 Å². The molecule has 1 heterocycles. The molecule has 1 rings (SSSR count). The number of aromatic nitrogens is 1. The van der Waals surface area contributed by atoms with Gasteiger partial charge in [-0.3, -0.25) is 4.98 Å². The molecule has 5 nitrogen and oxygen atoms in total. The van der Waals surface area contributed by atoms with E-state index in [1.165, 1.54) is 0 Å². The average molecular weight is 207 g/mol. The first-order valence-corrected chi connectivity index (χ1v) is 4.62. The predicted octanol–water partition coefficient (Wildman–Crippen LogP) is 1.81. The molecule has 1 aromatic heterocycles. The SMILES string of the molecule is CCN(/N=C(/C)c1ccccn1)C(=O)O. The molecule has 0 aliphatic carbocycles. The van der Waals surface area contributed by atoms with Crippen molar-refractivity contribution in [1.82, 2.24) is 9.99 Å². The van der Waals surface area contributed by atoms with Gasteiger partial charge in [0.25, 0.3) is 0 Å². The summed E-state index contributed by atoms with van der Waals surface area (Å²) in [6, 6.07) is 5.42. The van der Waals surface area contributed by atoms with Gasteiger partial charge in [-0.05, 0) is 26.0 Å². The smallest absolute Gasteiger partial charge is 0.427 e. The molecule has 0 fully saturated rings. The Labute approximate surface area is 88.1 Å². The number of hydrogen-bond donors (Lipinski definition) is 1. The minimum atomic E-state index is -1.06. The topological polar surface area (TPSA) is 65.8 Å². The number of hydrogen-bond acceptors (Lipinski definition) is 3. The Morgan fingerprint density at radius 1 is 1.60 bits per heavy atom. The summed E-state index contributed by atoms with van der Waals surface area (Å²) in [6.07, 6.45) is 0.582. The largest absolute Gasteiger partial charge is 0.464 e. The maximum atomic E-state index is 10.7. The average Bonchev–Trinajstić information content (AvgIpc) is 2.26. The molecule has 5 heteroatoms. The lowest BCUT2D eigenvalue weighted by molar-refractivity contribution is 0.149. The van der Waals surface area contributed by atoms with Crippen LogP contribution in [0.3, 0.4) is 0 Å².